The first-order valence-electron chi connectivity index (χ1n) is 5.59. The van der Waals surface area contributed by atoms with Crippen LogP contribution >= 0.6 is 0 Å². The van der Waals surface area contributed by atoms with Gasteiger partial charge in [-0.2, -0.15) is 0 Å². The Balaban J connectivity index is 2.14. The molecule has 0 fully saturated rings. The molecular formula is C13H11N3O2. The van der Waals surface area contributed by atoms with E-state index in [-0.39, 0.29) is 5.06 Å². The van der Waals surface area contributed by atoms with Crippen LogP contribution in [0.15, 0.2) is 53.8 Å². The quantitative estimate of drug-likeness (QED) is 0.445. The van der Waals surface area contributed by atoms with Crippen molar-refractivity contribution in [1.82, 2.24) is 4.98 Å². The van der Waals surface area contributed by atoms with E-state index < -0.39 is 6.04 Å². The van der Waals surface area contributed by atoms with Gasteiger partial charge in [0.25, 0.3) is 0 Å². The Morgan fingerprint density at radius 2 is 1.94 bits per heavy atom. The zero-order chi connectivity index (χ0) is 12.5. The van der Waals surface area contributed by atoms with E-state index in [9.17, 15) is 10.4 Å². The summed E-state index contributed by atoms with van der Waals surface area (Å²) in [5, 5.41) is 24.7. The van der Waals surface area contributed by atoms with Gasteiger partial charge in [0.05, 0.1) is 5.56 Å². The van der Waals surface area contributed by atoms with Gasteiger partial charge in [-0.25, -0.2) is 0 Å². The van der Waals surface area contributed by atoms with Gasteiger partial charge in [-0.15, -0.1) is 0 Å². The van der Waals surface area contributed by atoms with Crippen molar-refractivity contribution < 1.29 is 10.3 Å². The lowest BCUT2D eigenvalue weighted by atomic mass is 10.0. The van der Waals surface area contributed by atoms with E-state index in [0.29, 0.717) is 22.7 Å². The molecule has 0 saturated heterocycles. The largest absolute Gasteiger partial charge is 0.628 e. The topological polar surface area (TPSA) is 73.0 Å². The van der Waals surface area contributed by atoms with Crippen LogP contribution in [-0.4, -0.2) is 15.9 Å². The molecule has 1 aromatic heterocycles. The molecule has 2 aromatic rings. The molecular weight excluding hydrogens is 230 g/mol. The number of fused-ring (bicyclic) bond motifs is 1. The second kappa shape index (κ2) is 4.21. The van der Waals surface area contributed by atoms with Crippen LogP contribution in [0, 0.1) is 5.21 Å². The zero-order valence-corrected chi connectivity index (χ0v) is 9.45. The number of aromatic nitrogens is 1. The molecule has 2 atom stereocenters. The van der Waals surface area contributed by atoms with Gasteiger partial charge in [-0.3, -0.25) is 4.98 Å². The van der Waals surface area contributed by atoms with Gasteiger partial charge in [-0.05, 0) is 18.2 Å². The second-order valence-electron chi connectivity index (χ2n) is 4.08. The van der Waals surface area contributed by atoms with E-state index in [1.807, 2.05) is 12.1 Å². The third-order valence-electron chi connectivity index (χ3n) is 3.10. The number of benzene rings is 1. The number of nitrogens with zero attached hydrogens (tertiary/aromatic N) is 2. The molecule has 0 bridgehead atoms. The summed E-state index contributed by atoms with van der Waals surface area (Å²) in [4.78, 5) is 4.18. The van der Waals surface area contributed by atoms with Crippen LogP contribution in [0.2, 0.25) is 0 Å². The molecule has 2 N–H and O–H groups in total. The Hall–Kier alpha value is -2.24. The molecule has 0 aliphatic carbocycles. The van der Waals surface area contributed by atoms with Gasteiger partial charge in [0, 0.05) is 12.3 Å². The van der Waals surface area contributed by atoms with Crippen LogP contribution in [0.1, 0.15) is 17.3 Å². The number of nitrogens with one attached hydrogen (secondary N) is 1. The summed E-state index contributed by atoms with van der Waals surface area (Å²) in [6.45, 7) is 0. The third-order valence-corrected chi connectivity index (χ3v) is 3.10. The van der Waals surface area contributed by atoms with E-state index in [1.54, 1.807) is 36.5 Å². The van der Waals surface area contributed by atoms with Gasteiger partial charge in [0.15, 0.2) is 11.8 Å². The first-order valence-corrected chi connectivity index (χ1v) is 5.59. The van der Waals surface area contributed by atoms with Crippen molar-refractivity contribution in [2.75, 3.05) is 0 Å². The molecule has 0 saturated carbocycles. The molecule has 0 amide bonds. The monoisotopic (exact) mass is 241 g/mol. The van der Waals surface area contributed by atoms with Gasteiger partial charge in [-0.1, -0.05) is 23.4 Å². The maximum atomic E-state index is 12.3. The fourth-order valence-electron chi connectivity index (χ4n) is 2.29. The minimum atomic E-state index is -0.603. The van der Waals surface area contributed by atoms with Gasteiger partial charge in [0.1, 0.15) is 11.4 Å². The highest BCUT2D eigenvalue weighted by atomic mass is 16.5. The molecule has 1 aromatic carbocycles. The summed E-state index contributed by atoms with van der Waals surface area (Å²) < 4.78 is 0. The Morgan fingerprint density at radius 1 is 1.17 bits per heavy atom. The van der Waals surface area contributed by atoms with Crippen LogP contribution in [0.4, 0.5) is 5.69 Å². The maximum absolute atomic E-state index is 12.3. The first-order chi connectivity index (χ1) is 8.83. The second-order valence-corrected chi connectivity index (χ2v) is 4.08. The zero-order valence-electron chi connectivity index (χ0n) is 9.45. The lowest BCUT2D eigenvalue weighted by Gasteiger charge is -2.23. The van der Waals surface area contributed by atoms with Crippen LogP contribution in [0.25, 0.3) is 0 Å². The van der Waals surface area contributed by atoms with E-state index in [1.165, 1.54) is 0 Å². The number of hydroxylamine groups is 1. The van der Waals surface area contributed by atoms with Crippen LogP contribution in [0.5, 0.6) is 0 Å². The number of hydrogen-bond acceptors (Lipinski definition) is 4. The fraction of sp³-hybridized carbons (Fsp3) is 0.0769. The molecule has 5 nitrogen and oxygen atoms in total. The van der Waals surface area contributed by atoms with Crippen molar-refractivity contribution in [3.63, 3.8) is 0 Å². The summed E-state index contributed by atoms with van der Waals surface area (Å²) >= 11 is 0. The summed E-state index contributed by atoms with van der Waals surface area (Å²) in [5.41, 5.74) is 2.24. The number of rotatable bonds is 1. The Kier molecular flexibility index (Phi) is 2.55. The molecule has 90 valence electrons. The Labute approximate surface area is 104 Å². The Morgan fingerprint density at radius 3 is 2.67 bits per heavy atom. The van der Waals surface area contributed by atoms with Crippen molar-refractivity contribution >= 4 is 11.4 Å². The van der Waals surface area contributed by atoms with Crippen molar-refractivity contribution in [2.45, 2.75) is 6.04 Å². The standard InChI is InChI=1S/C13H11N3O2/c17-15-12-9-5-1-2-7-11(9)16(18)13(12)10-6-3-4-8-14-10/h1-8,13,16-17H. The van der Waals surface area contributed by atoms with Crippen LogP contribution in [-0.2, 0) is 0 Å². The number of pyridine rings is 1. The lowest BCUT2D eigenvalue weighted by molar-refractivity contribution is -0.796. The number of oxime groups is 1. The number of para-hydroxylation sites is 1. The molecule has 0 spiro atoms. The van der Waals surface area contributed by atoms with Crippen LogP contribution in [0.3, 0.4) is 0 Å². The predicted octanol–water partition coefficient (Wildman–Crippen LogP) is 1.03. The van der Waals surface area contributed by atoms with Crippen LogP contribution < -0.4 is 5.06 Å². The van der Waals surface area contributed by atoms with Gasteiger partial charge in [0.2, 0.25) is 0 Å². The molecule has 5 heteroatoms. The highest BCUT2D eigenvalue weighted by molar-refractivity contribution is 6.08. The average Bonchev–Trinajstić information content (AvgIpc) is 2.73. The highest BCUT2D eigenvalue weighted by Crippen LogP contribution is 2.26. The Bertz CT molecular complexity index is 598. The molecule has 2 unspecified atom stereocenters. The minimum absolute atomic E-state index is 0.0721. The van der Waals surface area contributed by atoms with E-state index in [4.69, 9.17) is 0 Å². The summed E-state index contributed by atoms with van der Waals surface area (Å²) in [7, 11) is 0. The number of quaternary nitrogens is 1. The number of hydrogen-bond donors (Lipinski definition) is 2. The van der Waals surface area contributed by atoms with Gasteiger partial charge >= 0.3 is 0 Å². The smallest absolute Gasteiger partial charge is 0.181 e. The van der Waals surface area contributed by atoms with Crippen molar-refractivity contribution in [3.05, 3.63) is 65.1 Å². The van der Waals surface area contributed by atoms with E-state index in [0.717, 1.165) is 0 Å². The van der Waals surface area contributed by atoms with Crippen molar-refractivity contribution in [3.8, 4) is 0 Å². The van der Waals surface area contributed by atoms with E-state index >= 15 is 0 Å². The SMILES string of the molecule is [O-][NH+]1c2ccccc2C(=NO)C1c1ccccn1. The average molecular weight is 241 g/mol. The molecule has 2 heterocycles. The van der Waals surface area contributed by atoms with E-state index in [2.05, 4.69) is 10.1 Å². The fourth-order valence-corrected chi connectivity index (χ4v) is 2.29. The predicted molar refractivity (Wildman–Crippen MR) is 65.7 cm³/mol. The summed E-state index contributed by atoms with van der Waals surface area (Å²) in [6.07, 6.45) is 1.63. The minimum Gasteiger partial charge on any atom is -0.628 e. The molecule has 0 radical (unpaired) electrons. The normalized spacial score (nSPS) is 24.2. The van der Waals surface area contributed by atoms with Crippen molar-refractivity contribution in [1.29, 1.82) is 0 Å². The highest BCUT2D eigenvalue weighted by Gasteiger charge is 2.38. The third kappa shape index (κ3) is 1.49. The first kappa shape index (κ1) is 10.9. The summed E-state index contributed by atoms with van der Waals surface area (Å²) in [5.74, 6) is 0. The summed E-state index contributed by atoms with van der Waals surface area (Å²) in [6, 6.07) is 11.9. The molecule has 3 rings (SSSR count). The molecule has 1 aliphatic heterocycles. The molecule has 18 heavy (non-hydrogen) atoms. The van der Waals surface area contributed by atoms with Gasteiger partial charge < -0.3 is 15.5 Å². The van der Waals surface area contributed by atoms with Crippen molar-refractivity contribution in [2.24, 2.45) is 5.16 Å². The maximum Gasteiger partial charge on any atom is 0.181 e. The molecule has 1 aliphatic rings. The lowest BCUT2D eigenvalue weighted by Crippen LogP contribution is -3.01.